The van der Waals surface area contributed by atoms with Crippen molar-refractivity contribution in [2.24, 2.45) is 0 Å². The van der Waals surface area contributed by atoms with Crippen LogP contribution in [0.4, 0.5) is 5.69 Å². The van der Waals surface area contributed by atoms with E-state index in [1.807, 2.05) is 0 Å². The first-order valence-corrected chi connectivity index (χ1v) is 5.98. The molecule has 1 aromatic carbocycles. The first-order chi connectivity index (χ1) is 10.1. The highest BCUT2D eigenvalue weighted by Crippen LogP contribution is 2.28. The van der Waals surface area contributed by atoms with Gasteiger partial charge in [-0.2, -0.15) is 0 Å². The number of hydrogen-bond acceptors (Lipinski definition) is 6. The molecular formula is C14H15NO6. The van der Waals surface area contributed by atoms with E-state index in [9.17, 15) is 14.9 Å². The van der Waals surface area contributed by atoms with E-state index in [0.717, 1.165) is 0 Å². The Morgan fingerprint density at radius 3 is 2.81 bits per heavy atom. The summed E-state index contributed by atoms with van der Waals surface area (Å²) < 4.78 is 14.6. The number of benzene rings is 1. The number of esters is 1. The molecule has 112 valence electrons. The normalized spacial score (nSPS) is 10.1. The van der Waals surface area contributed by atoms with Crippen LogP contribution in [0.1, 0.15) is 5.56 Å². The maximum Gasteiger partial charge on any atom is 0.330 e. The minimum Gasteiger partial charge on any atom is -0.498 e. The average Bonchev–Trinajstić information content (AvgIpc) is 2.49. The van der Waals surface area contributed by atoms with Crippen molar-refractivity contribution in [2.75, 3.05) is 20.3 Å². The Kier molecular flexibility index (Phi) is 6.46. The van der Waals surface area contributed by atoms with Crippen molar-refractivity contribution in [3.8, 4) is 5.75 Å². The van der Waals surface area contributed by atoms with Gasteiger partial charge in [0.05, 0.1) is 18.3 Å². The predicted molar refractivity (Wildman–Crippen MR) is 75.8 cm³/mol. The van der Waals surface area contributed by atoms with Crippen LogP contribution in [0.2, 0.25) is 0 Å². The predicted octanol–water partition coefficient (Wildman–Crippen LogP) is 2.32. The first-order valence-electron chi connectivity index (χ1n) is 5.98. The highest BCUT2D eigenvalue weighted by molar-refractivity contribution is 5.87. The molecular weight excluding hydrogens is 278 g/mol. The number of nitrogens with zero attached hydrogens (tertiary/aromatic N) is 1. The Balaban J connectivity index is 2.86. The summed E-state index contributed by atoms with van der Waals surface area (Å²) in [6.07, 6.45) is 3.86. The smallest absolute Gasteiger partial charge is 0.330 e. The summed E-state index contributed by atoms with van der Waals surface area (Å²) in [7, 11) is 1.25. The molecule has 1 aromatic rings. The van der Waals surface area contributed by atoms with E-state index < -0.39 is 10.9 Å². The summed E-state index contributed by atoms with van der Waals surface area (Å²) in [4.78, 5) is 21.4. The Hall–Kier alpha value is -2.83. The van der Waals surface area contributed by atoms with Crippen LogP contribution in [-0.4, -0.2) is 31.2 Å². The second-order valence-corrected chi connectivity index (χ2v) is 3.73. The summed E-state index contributed by atoms with van der Waals surface area (Å²) in [6, 6.07) is 4.36. The van der Waals surface area contributed by atoms with Gasteiger partial charge in [-0.3, -0.25) is 10.1 Å². The van der Waals surface area contributed by atoms with Crippen LogP contribution in [0.15, 0.2) is 37.1 Å². The average molecular weight is 293 g/mol. The molecule has 0 aliphatic carbocycles. The van der Waals surface area contributed by atoms with Gasteiger partial charge in [-0.05, 0) is 17.7 Å². The molecule has 1 rings (SSSR count). The van der Waals surface area contributed by atoms with E-state index in [1.165, 1.54) is 37.7 Å². The molecule has 0 spiro atoms. The Bertz CT molecular complexity index is 552. The van der Waals surface area contributed by atoms with E-state index in [-0.39, 0.29) is 24.7 Å². The van der Waals surface area contributed by atoms with Gasteiger partial charge in [-0.25, -0.2) is 4.79 Å². The van der Waals surface area contributed by atoms with Gasteiger partial charge in [-0.15, -0.1) is 0 Å². The third-order valence-corrected chi connectivity index (χ3v) is 2.37. The lowest BCUT2D eigenvalue weighted by atomic mass is 10.1. The van der Waals surface area contributed by atoms with Crippen molar-refractivity contribution < 1.29 is 23.9 Å². The van der Waals surface area contributed by atoms with Crippen LogP contribution >= 0.6 is 0 Å². The fourth-order valence-corrected chi connectivity index (χ4v) is 1.42. The number of nitro groups is 1. The maximum atomic E-state index is 11.0. The van der Waals surface area contributed by atoms with E-state index >= 15 is 0 Å². The molecule has 21 heavy (non-hydrogen) atoms. The zero-order valence-electron chi connectivity index (χ0n) is 11.5. The fraction of sp³-hybridized carbons (Fsp3) is 0.214. The van der Waals surface area contributed by atoms with Crippen LogP contribution in [-0.2, 0) is 14.3 Å². The maximum absolute atomic E-state index is 11.0. The summed E-state index contributed by atoms with van der Waals surface area (Å²) in [5.41, 5.74) is 0.294. The van der Waals surface area contributed by atoms with E-state index in [0.29, 0.717) is 5.56 Å². The molecule has 0 saturated carbocycles. The molecule has 0 fully saturated rings. The fourth-order valence-electron chi connectivity index (χ4n) is 1.42. The number of methoxy groups -OCH3 is 1. The summed E-state index contributed by atoms with van der Waals surface area (Å²) in [5, 5.41) is 11.0. The lowest BCUT2D eigenvalue weighted by molar-refractivity contribution is -0.385. The lowest BCUT2D eigenvalue weighted by Crippen LogP contribution is -2.05. The van der Waals surface area contributed by atoms with Gasteiger partial charge in [0.1, 0.15) is 13.2 Å². The molecule has 0 N–H and O–H groups in total. The molecule has 0 amide bonds. The largest absolute Gasteiger partial charge is 0.498 e. The zero-order chi connectivity index (χ0) is 15.7. The van der Waals surface area contributed by atoms with Crippen molar-refractivity contribution in [2.45, 2.75) is 0 Å². The van der Waals surface area contributed by atoms with Gasteiger partial charge in [0.15, 0.2) is 5.75 Å². The highest BCUT2D eigenvalue weighted by Gasteiger charge is 2.15. The number of carbonyl (C=O) groups is 1. The second kappa shape index (κ2) is 8.36. The SMILES string of the molecule is C=COCCOc1ccc(/C=C/C(=O)OC)cc1[N+](=O)[O-]. The van der Waals surface area contributed by atoms with Gasteiger partial charge in [0.2, 0.25) is 0 Å². The van der Waals surface area contributed by atoms with E-state index in [1.54, 1.807) is 6.07 Å². The number of carbonyl (C=O) groups excluding carboxylic acids is 1. The number of ether oxygens (including phenoxy) is 3. The molecule has 0 aliphatic rings. The summed E-state index contributed by atoms with van der Waals surface area (Å²) >= 11 is 0. The van der Waals surface area contributed by atoms with Gasteiger partial charge in [0, 0.05) is 12.1 Å². The van der Waals surface area contributed by atoms with Gasteiger partial charge >= 0.3 is 11.7 Å². The van der Waals surface area contributed by atoms with Gasteiger partial charge < -0.3 is 14.2 Å². The van der Waals surface area contributed by atoms with Crippen LogP contribution in [0.25, 0.3) is 6.08 Å². The highest BCUT2D eigenvalue weighted by atomic mass is 16.6. The van der Waals surface area contributed by atoms with E-state index in [2.05, 4.69) is 11.3 Å². The molecule has 0 aliphatic heterocycles. The summed E-state index contributed by atoms with van der Waals surface area (Å²) in [5.74, 6) is -0.414. The van der Waals surface area contributed by atoms with Crippen LogP contribution in [0.5, 0.6) is 5.75 Å². The summed E-state index contributed by atoms with van der Waals surface area (Å²) in [6.45, 7) is 3.77. The minimum atomic E-state index is -0.556. The van der Waals surface area contributed by atoms with Crippen molar-refractivity contribution >= 4 is 17.7 Å². The first kappa shape index (κ1) is 16.2. The van der Waals surface area contributed by atoms with E-state index in [4.69, 9.17) is 9.47 Å². The Morgan fingerprint density at radius 1 is 1.43 bits per heavy atom. The Morgan fingerprint density at radius 2 is 2.19 bits per heavy atom. The van der Waals surface area contributed by atoms with Crippen LogP contribution < -0.4 is 4.74 Å². The standard InChI is InChI=1S/C14H15NO6/c1-3-20-8-9-21-13-6-4-11(5-7-14(16)19-2)10-12(13)15(17)18/h3-7,10H,1,8-9H2,2H3/b7-5+. The third-order valence-electron chi connectivity index (χ3n) is 2.37. The molecule has 0 radical (unpaired) electrons. The number of hydrogen-bond donors (Lipinski definition) is 0. The molecule has 7 nitrogen and oxygen atoms in total. The molecule has 0 saturated heterocycles. The molecule has 0 bridgehead atoms. The molecule has 0 atom stereocenters. The zero-order valence-corrected chi connectivity index (χ0v) is 11.5. The Labute approximate surface area is 121 Å². The van der Waals surface area contributed by atoms with Crippen molar-refractivity contribution in [1.82, 2.24) is 0 Å². The lowest BCUT2D eigenvalue weighted by Gasteiger charge is -2.07. The van der Waals surface area contributed by atoms with Crippen LogP contribution in [0, 0.1) is 10.1 Å². The molecule has 0 aromatic heterocycles. The quantitative estimate of drug-likeness (QED) is 0.182. The third kappa shape index (κ3) is 5.35. The number of nitro benzene ring substituents is 1. The van der Waals surface area contributed by atoms with Crippen molar-refractivity contribution in [3.63, 3.8) is 0 Å². The second-order valence-electron chi connectivity index (χ2n) is 3.73. The topological polar surface area (TPSA) is 87.9 Å². The molecule has 0 unspecified atom stereocenters. The molecule has 0 heterocycles. The van der Waals surface area contributed by atoms with Gasteiger partial charge in [-0.1, -0.05) is 12.6 Å². The monoisotopic (exact) mass is 293 g/mol. The van der Waals surface area contributed by atoms with Crippen molar-refractivity contribution in [1.29, 1.82) is 0 Å². The molecule has 7 heteroatoms. The van der Waals surface area contributed by atoms with Gasteiger partial charge in [0.25, 0.3) is 0 Å². The number of rotatable bonds is 8. The van der Waals surface area contributed by atoms with Crippen LogP contribution in [0.3, 0.4) is 0 Å². The van der Waals surface area contributed by atoms with Crippen molar-refractivity contribution in [3.05, 3.63) is 52.8 Å². The minimum absolute atomic E-state index is 0.128.